The molecule has 1 fully saturated rings. The first-order valence-corrected chi connectivity index (χ1v) is 7.26. The summed E-state index contributed by atoms with van der Waals surface area (Å²) in [7, 11) is 0. The maximum Gasteiger partial charge on any atom is 0.333 e. The number of morpholine rings is 1. The molecule has 6 heteroatoms. The number of carbonyl (C=O) groups is 1. The zero-order chi connectivity index (χ0) is 14.7. The van der Waals surface area contributed by atoms with Gasteiger partial charge in [-0.15, -0.1) is 0 Å². The molecular weight excluding hydrogens is 268 g/mol. The summed E-state index contributed by atoms with van der Waals surface area (Å²) in [5.41, 5.74) is 4.81. The zero-order valence-electron chi connectivity index (χ0n) is 12.1. The number of para-hydroxylation sites is 1. The van der Waals surface area contributed by atoms with Crippen molar-refractivity contribution in [2.24, 2.45) is 0 Å². The quantitative estimate of drug-likeness (QED) is 0.908. The molecule has 2 amide bonds. The van der Waals surface area contributed by atoms with Crippen LogP contribution in [0.25, 0.3) is 10.9 Å². The van der Waals surface area contributed by atoms with Gasteiger partial charge in [0.25, 0.3) is 0 Å². The lowest BCUT2D eigenvalue weighted by atomic mass is 10.2. The van der Waals surface area contributed by atoms with Gasteiger partial charge in [0.15, 0.2) is 0 Å². The average molecular weight is 288 g/mol. The van der Waals surface area contributed by atoms with Crippen molar-refractivity contribution in [3.8, 4) is 0 Å². The van der Waals surface area contributed by atoms with Crippen LogP contribution in [-0.2, 0) is 11.3 Å². The third kappa shape index (κ3) is 3.01. The molecule has 112 valence electrons. The van der Waals surface area contributed by atoms with Crippen LogP contribution in [0, 0.1) is 0 Å². The van der Waals surface area contributed by atoms with E-state index in [4.69, 9.17) is 4.74 Å². The maximum absolute atomic E-state index is 12.1. The minimum absolute atomic E-state index is 0.212. The number of urea groups is 1. The molecule has 0 saturated carbocycles. The molecule has 6 nitrogen and oxygen atoms in total. The Bertz CT molecular complexity index is 632. The highest BCUT2D eigenvalue weighted by Crippen LogP contribution is 2.25. The van der Waals surface area contributed by atoms with Crippen molar-refractivity contribution in [2.45, 2.75) is 13.5 Å². The van der Waals surface area contributed by atoms with E-state index in [2.05, 4.69) is 28.3 Å². The summed E-state index contributed by atoms with van der Waals surface area (Å²) in [5.74, 6) is 0. The van der Waals surface area contributed by atoms with E-state index in [0.29, 0.717) is 26.3 Å². The third-order valence-electron chi connectivity index (χ3n) is 3.65. The van der Waals surface area contributed by atoms with Gasteiger partial charge in [-0.3, -0.25) is 5.43 Å². The van der Waals surface area contributed by atoms with E-state index >= 15 is 0 Å². The number of aromatic nitrogens is 1. The fourth-order valence-corrected chi connectivity index (χ4v) is 2.58. The van der Waals surface area contributed by atoms with Crippen molar-refractivity contribution in [1.82, 2.24) is 15.0 Å². The number of nitrogens with one attached hydrogen (secondary N) is 2. The van der Waals surface area contributed by atoms with Gasteiger partial charge in [-0.1, -0.05) is 18.2 Å². The molecule has 1 saturated heterocycles. The SMILES string of the molecule is CCn1cc(NC(=O)NN2CCOCC2)c2ccccc21. The van der Waals surface area contributed by atoms with Crippen molar-refractivity contribution in [3.63, 3.8) is 0 Å². The summed E-state index contributed by atoms with van der Waals surface area (Å²) in [6.07, 6.45) is 1.98. The predicted molar refractivity (Wildman–Crippen MR) is 82.2 cm³/mol. The number of anilines is 1. The number of ether oxygens (including phenoxy) is 1. The molecule has 1 aliphatic rings. The molecule has 1 aromatic heterocycles. The second-order valence-electron chi connectivity index (χ2n) is 5.01. The number of nitrogens with zero attached hydrogens (tertiary/aromatic N) is 2. The largest absolute Gasteiger partial charge is 0.379 e. The molecular formula is C15H20N4O2. The molecule has 0 aliphatic carbocycles. The van der Waals surface area contributed by atoms with Crippen LogP contribution in [0.15, 0.2) is 30.5 Å². The lowest BCUT2D eigenvalue weighted by molar-refractivity contribution is 0.0207. The van der Waals surface area contributed by atoms with Gasteiger partial charge < -0.3 is 14.6 Å². The van der Waals surface area contributed by atoms with Crippen LogP contribution >= 0.6 is 0 Å². The van der Waals surface area contributed by atoms with E-state index < -0.39 is 0 Å². The number of carbonyl (C=O) groups excluding carboxylic acids is 1. The standard InChI is InChI=1S/C15H20N4O2/c1-2-18-11-13(12-5-3-4-6-14(12)18)16-15(20)17-19-7-9-21-10-8-19/h3-6,11H,2,7-10H2,1H3,(H2,16,17,20). The number of rotatable bonds is 3. The Morgan fingerprint density at radius 2 is 2.05 bits per heavy atom. The maximum atomic E-state index is 12.1. The smallest absolute Gasteiger partial charge is 0.333 e. The van der Waals surface area contributed by atoms with E-state index in [0.717, 1.165) is 23.1 Å². The minimum atomic E-state index is -0.212. The summed E-state index contributed by atoms with van der Waals surface area (Å²) in [6, 6.07) is 7.85. The highest BCUT2D eigenvalue weighted by atomic mass is 16.5. The number of aryl methyl sites for hydroxylation is 1. The summed E-state index contributed by atoms with van der Waals surface area (Å²) >= 11 is 0. The van der Waals surface area contributed by atoms with Gasteiger partial charge in [-0.2, -0.15) is 0 Å². The number of amides is 2. The normalized spacial score (nSPS) is 16.0. The molecule has 1 aliphatic heterocycles. The second kappa shape index (κ2) is 6.15. The Balaban J connectivity index is 1.73. The van der Waals surface area contributed by atoms with Crippen LogP contribution in [0.2, 0.25) is 0 Å². The van der Waals surface area contributed by atoms with E-state index in [1.165, 1.54) is 0 Å². The van der Waals surface area contributed by atoms with Gasteiger partial charge in [0, 0.05) is 31.2 Å². The molecule has 1 aromatic carbocycles. The van der Waals surface area contributed by atoms with E-state index in [9.17, 15) is 4.79 Å². The van der Waals surface area contributed by atoms with Crippen LogP contribution in [0.1, 0.15) is 6.92 Å². The monoisotopic (exact) mass is 288 g/mol. The summed E-state index contributed by atoms with van der Waals surface area (Å²) in [4.78, 5) is 12.1. The molecule has 2 N–H and O–H groups in total. The van der Waals surface area contributed by atoms with Crippen LogP contribution in [0.4, 0.5) is 10.5 Å². The van der Waals surface area contributed by atoms with Crippen molar-refractivity contribution in [2.75, 3.05) is 31.6 Å². The van der Waals surface area contributed by atoms with Crippen LogP contribution < -0.4 is 10.7 Å². The highest BCUT2D eigenvalue weighted by Gasteiger charge is 2.14. The topological polar surface area (TPSA) is 58.5 Å². The summed E-state index contributed by atoms with van der Waals surface area (Å²) in [5, 5.41) is 5.86. The number of fused-ring (bicyclic) bond motifs is 1. The fraction of sp³-hybridized carbons (Fsp3) is 0.400. The fourth-order valence-electron chi connectivity index (χ4n) is 2.58. The van der Waals surface area contributed by atoms with Gasteiger partial charge in [0.1, 0.15) is 0 Å². The van der Waals surface area contributed by atoms with Gasteiger partial charge in [0.05, 0.1) is 24.4 Å². The van der Waals surface area contributed by atoms with Crippen LogP contribution in [0.3, 0.4) is 0 Å². The van der Waals surface area contributed by atoms with E-state index in [-0.39, 0.29) is 6.03 Å². The first-order valence-electron chi connectivity index (χ1n) is 7.26. The molecule has 3 rings (SSSR count). The molecule has 0 unspecified atom stereocenters. The molecule has 0 radical (unpaired) electrons. The first-order chi connectivity index (χ1) is 10.3. The van der Waals surface area contributed by atoms with Crippen LogP contribution in [0.5, 0.6) is 0 Å². The molecule has 0 spiro atoms. The Morgan fingerprint density at radius 3 is 2.81 bits per heavy atom. The third-order valence-corrected chi connectivity index (χ3v) is 3.65. The number of hydrogen-bond donors (Lipinski definition) is 2. The van der Waals surface area contributed by atoms with Gasteiger partial charge >= 0.3 is 6.03 Å². The van der Waals surface area contributed by atoms with Crippen LogP contribution in [-0.4, -0.2) is 41.9 Å². The van der Waals surface area contributed by atoms with Crippen molar-refractivity contribution in [3.05, 3.63) is 30.5 Å². The second-order valence-corrected chi connectivity index (χ2v) is 5.01. The molecule has 2 aromatic rings. The van der Waals surface area contributed by atoms with Crippen molar-refractivity contribution >= 4 is 22.6 Å². The van der Waals surface area contributed by atoms with Crippen molar-refractivity contribution < 1.29 is 9.53 Å². The minimum Gasteiger partial charge on any atom is -0.379 e. The zero-order valence-corrected chi connectivity index (χ0v) is 12.1. The molecule has 2 heterocycles. The number of benzene rings is 1. The van der Waals surface area contributed by atoms with E-state index in [1.54, 1.807) is 0 Å². The average Bonchev–Trinajstić information content (AvgIpc) is 2.86. The highest BCUT2D eigenvalue weighted by molar-refractivity contribution is 6.01. The first kappa shape index (κ1) is 13.9. The lowest BCUT2D eigenvalue weighted by Gasteiger charge is -2.26. The number of hydrogen-bond acceptors (Lipinski definition) is 3. The molecule has 0 atom stereocenters. The summed E-state index contributed by atoms with van der Waals surface area (Å²) < 4.78 is 7.38. The van der Waals surface area contributed by atoms with E-state index in [1.807, 2.05) is 29.4 Å². The Hall–Kier alpha value is -2.05. The predicted octanol–water partition coefficient (Wildman–Crippen LogP) is 2.03. The van der Waals surface area contributed by atoms with Crippen molar-refractivity contribution in [1.29, 1.82) is 0 Å². The Kier molecular flexibility index (Phi) is 4.08. The van der Waals surface area contributed by atoms with Gasteiger partial charge in [0.2, 0.25) is 0 Å². The Labute approximate surface area is 123 Å². The molecule has 0 bridgehead atoms. The lowest BCUT2D eigenvalue weighted by Crippen LogP contribution is -2.49. The number of hydrazine groups is 1. The Morgan fingerprint density at radius 1 is 1.29 bits per heavy atom. The molecule has 21 heavy (non-hydrogen) atoms. The van der Waals surface area contributed by atoms with Gasteiger partial charge in [-0.05, 0) is 13.0 Å². The van der Waals surface area contributed by atoms with Gasteiger partial charge in [-0.25, -0.2) is 9.80 Å². The summed E-state index contributed by atoms with van der Waals surface area (Å²) in [6.45, 7) is 5.68.